The molecule has 0 atom stereocenters. The fourth-order valence-electron chi connectivity index (χ4n) is 1.47. The minimum Gasteiger partial charge on any atom is -0.327 e. The molecule has 1 aliphatic heterocycles. The van der Waals surface area contributed by atoms with E-state index in [9.17, 15) is 0 Å². The molecule has 0 radical (unpaired) electrons. The van der Waals surface area contributed by atoms with Crippen molar-refractivity contribution in [1.29, 1.82) is 0 Å². The largest absolute Gasteiger partial charge is 1.00 e. The van der Waals surface area contributed by atoms with E-state index in [4.69, 9.17) is 0 Å². The van der Waals surface area contributed by atoms with Gasteiger partial charge < -0.3 is 11.3 Å². The third-order valence-corrected chi connectivity index (χ3v) is 2.20. The van der Waals surface area contributed by atoms with Gasteiger partial charge >= 0.3 is 58.2 Å². The van der Waals surface area contributed by atoms with Crippen LogP contribution >= 0.6 is 0 Å². The van der Waals surface area contributed by atoms with Crippen molar-refractivity contribution in [2.24, 2.45) is 0 Å². The molecule has 1 saturated heterocycles. The van der Waals surface area contributed by atoms with Gasteiger partial charge in [-0.1, -0.05) is 20.3 Å². The van der Waals surface area contributed by atoms with Gasteiger partial charge in [-0.3, -0.25) is 0 Å². The summed E-state index contributed by atoms with van der Waals surface area (Å²) in [5.74, 6) is 0. The Morgan fingerprint density at radius 2 is 1.69 bits per heavy atom. The molecular weight excluding hydrogens is 232 g/mol. The molecule has 0 spiro atoms. The smallest absolute Gasteiger partial charge is 0.327 e. The molecule has 1 nitrogen and oxygen atoms in total. The van der Waals surface area contributed by atoms with Gasteiger partial charge in [-0.05, 0) is 26.9 Å². The molecule has 0 N–H and O–H groups in total. The van der Waals surface area contributed by atoms with Gasteiger partial charge in [-0.2, -0.15) is 12.8 Å². The van der Waals surface area contributed by atoms with Crippen LogP contribution in [-0.4, -0.2) is 24.0 Å². The summed E-state index contributed by atoms with van der Waals surface area (Å²) in [5, 5.41) is 0. The van der Waals surface area contributed by atoms with Crippen molar-refractivity contribution in [3.8, 4) is 0 Å². The van der Waals surface area contributed by atoms with Gasteiger partial charge in [0, 0.05) is 6.04 Å². The van der Waals surface area contributed by atoms with E-state index in [2.05, 4.69) is 25.2 Å². The second-order valence-corrected chi connectivity index (χ2v) is 3.35. The molecule has 13 heavy (non-hydrogen) atoms. The van der Waals surface area contributed by atoms with Gasteiger partial charge in [0.25, 0.3) is 0 Å². The van der Waals surface area contributed by atoms with Crippen molar-refractivity contribution in [2.45, 2.75) is 53.0 Å². The predicted octanol–water partition coefficient (Wildman–Crippen LogP) is 0.115. The standard InChI is InChI=1S/C9H18N.C2H6.Rb/c1-9(2)10-7-5-3-4-6-8-10;1-2;/h3,9H,4-8H2,1-2H3;1-2H3;/q-1;;+1. The van der Waals surface area contributed by atoms with E-state index in [1.54, 1.807) is 0 Å². The molecule has 1 aliphatic rings. The van der Waals surface area contributed by atoms with Crippen LogP contribution in [0.4, 0.5) is 0 Å². The zero-order valence-electron chi connectivity index (χ0n) is 10.1. The average Bonchev–Trinajstić information content (AvgIpc) is 2.35. The summed E-state index contributed by atoms with van der Waals surface area (Å²) in [6.45, 7) is 11.1. The Morgan fingerprint density at radius 3 is 2.23 bits per heavy atom. The number of likely N-dealkylation sites (tertiary alicyclic amines) is 1. The van der Waals surface area contributed by atoms with Gasteiger partial charge in [0.2, 0.25) is 0 Å². The first-order chi connectivity index (χ1) is 5.80. The van der Waals surface area contributed by atoms with Gasteiger partial charge in [0.1, 0.15) is 0 Å². The van der Waals surface area contributed by atoms with E-state index in [0.717, 1.165) is 6.04 Å². The Kier molecular flexibility index (Phi) is 15.6. The van der Waals surface area contributed by atoms with Gasteiger partial charge in [0.05, 0.1) is 0 Å². The summed E-state index contributed by atoms with van der Waals surface area (Å²) in [6.07, 6.45) is 6.39. The molecule has 0 aliphatic carbocycles. The van der Waals surface area contributed by atoms with Crippen LogP contribution in [0.5, 0.6) is 0 Å². The Bertz CT molecular complexity index is 86.1. The zero-order chi connectivity index (χ0) is 9.40. The van der Waals surface area contributed by atoms with Crippen molar-refractivity contribution in [2.75, 3.05) is 13.1 Å². The van der Waals surface area contributed by atoms with Crippen LogP contribution in [0.15, 0.2) is 0 Å². The third-order valence-electron chi connectivity index (χ3n) is 2.20. The van der Waals surface area contributed by atoms with Crippen LogP contribution in [0.25, 0.3) is 0 Å². The summed E-state index contributed by atoms with van der Waals surface area (Å²) in [6, 6.07) is 0.742. The number of hydrogen-bond acceptors (Lipinski definition) is 1. The Morgan fingerprint density at radius 1 is 1.08 bits per heavy atom. The van der Waals surface area contributed by atoms with E-state index >= 15 is 0 Å². The molecule has 0 bridgehead atoms. The first kappa shape index (κ1) is 17.2. The SMILES string of the molecule is CC.CC(C)N1CC[CH-]CCC1.[Rb+]. The summed E-state index contributed by atoms with van der Waals surface area (Å²) in [4.78, 5) is 2.56. The molecule has 0 aromatic rings. The summed E-state index contributed by atoms with van der Waals surface area (Å²) in [5.41, 5.74) is 0. The first-order valence-electron chi connectivity index (χ1n) is 5.36. The number of rotatable bonds is 1. The van der Waals surface area contributed by atoms with Crippen LogP contribution < -0.4 is 58.2 Å². The van der Waals surface area contributed by atoms with E-state index in [-0.39, 0.29) is 58.2 Å². The molecule has 0 aromatic carbocycles. The van der Waals surface area contributed by atoms with Crippen LogP contribution in [0, 0.1) is 6.42 Å². The molecule has 1 heterocycles. The monoisotopic (exact) mass is 255 g/mol. The van der Waals surface area contributed by atoms with E-state index in [1.807, 2.05) is 13.8 Å². The third kappa shape index (κ3) is 8.74. The minimum absolute atomic E-state index is 0. The van der Waals surface area contributed by atoms with Crippen LogP contribution in [0.3, 0.4) is 0 Å². The maximum atomic E-state index is 2.56. The van der Waals surface area contributed by atoms with Gasteiger partial charge in [0.15, 0.2) is 0 Å². The quantitative estimate of drug-likeness (QED) is 0.602. The zero-order valence-corrected chi connectivity index (χ0v) is 15.1. The molecule has 74 valence electrons. The Labute approximate surface area is 133 Å². The van der Waals surface area contributed by atoms with Crippen molar-refractivity contribution >= 4 is 0 Å². The molecule has 0 unspecified atom stereocenters. The molecule has 2 heteroatoms. The summed E-state index contributed by atoms with van der Waals surface area (Å²) in [7, 11) is 0. The molecule has 0 amide bonds. The maximum absolute atomic E-state index is 2.56. The van der Waals surface area contributed by atoms with Crippen molar-refractivity contribution in [1.82, 2.24) is 4.90 Å². The van der Waals surface area contributed by atoms with Crippen LogP contribution in [-0.2, 0) is 0 Å². The fraction of sp³-hybridized carbons (Fsp3) is 0.909. The summed E-state index contributed by atoms with van der Waals surface area (Å²) < 4.78 is 0. The number of nitrogens with zero attached hydrogens (tertiary/aromatic N) is 1. The van der Waals surface area contributed by atoms with Gasteiger partial charge in [-0.15, -0.1) is 0 Å². The number of hydrogen-bond donors (Lipinski definition) is 0. The topological polar surface area (TPSA) is 3.24 Å². The van der Waals surface area contributed by atoms with E-state index in [0.29, 0.717) is 0 Å². The molecule has 0 saturated carbocycles. The van der Waals surface area contributed by atoms with Crippen LogP contribution in [0.1, 0.15) is 47.0 Å². The van der Waals surface area contributed by atoms with Crippen molar-refractivity contribution < 1.29 is 58.2 Å². The first-order valence-corrected chi connectivity index (χ1v) is 5.36. The fourth-order valence-corrected chi connectivity index (χ4v) is 1.47. The predicted molar refractivity (Wildman–Crippen MR) is 56.2 cm³/mol. The second-order valence-electron chi connectivity index (χ2n) is 3.35. The maximum Gasteiger partial charge on any atom is 1.00 e. The molecular formula is C11H24NRb. The van der Waals surface area contributed by atoms with Crippen molar-refractivity contribution in [3.63, 3.8) is 0 Å². The molecule has 0 aromatic heterocycles. The van der Waals surface area contributed by atoms with Gasteiger partial charge in [-0.25, -0.2) is 0 Å². The normalized spacial score (nSPS) is 18.2. The Hall–Kier alpha value is 1.77. The summed E-state index contributed by atoms with van der Waals surface area (Å²) >= 11 is 0. The average molecular weight is 256 g/mol. The molecule has 1 fully saturated rings. The van der Waals surface area contributed by atoms with E-state index < -0.39 is 0 Å². The van der Waals surface area contributed by atoms with Crippen molar-refractivity contribution in [3.05, 3.63) is 6.42 Å². The molecule has 1 rings (SSSR count). The minimum atomic E-state index is 0. The van der Waals surface area contributed by atoms with Crippen LogP contribution in [0.2, 0.25) is 0 Å². The Balaban J connectivity index is 0. The second kappa shape index (κ2) is 11.8. The van der Waals surface area contributed by atoms with E-state index in [1.165, 1.54) is 32.4 Å².